The van der Waals surface area contributed by atoms with Crippen LogP contribution < -0.4 is 5.32 Å². The van der Waals surface area contributed by atoms with E-state index in [0.717, 1.165) is 19.1 Å². The molecule has 0 unspecified atom stereocenters. The van der Waals surface area contributed by atoms with Gasteiger partial charge in [-0.05, 0) is 12.8 Å². The number of hydrogen-bond donors (Lipinski definition) is 1. The van der Waals surface area contributed by atoms with Crippen LogP contribution in [0.2, 0.25) is 0 Å². The molecule has 2 amide bonds. The molecule has 0 radical (unpaired) electrons. The lowest BCUT2D eigenvalue weighted by atomic mass is 10.3. The number of rotatable bonds is 2. The molecule has 0 aromatic rings. The molecule has 0 aromatic carbocycles. The first-order valence-corrected chi connectivity index (χ1v) is 7.77. The van der Waals surface area contributed by atoms with Crippen molar-refractivity contribution >= 4 is 21.8 Å². The van der Waals surface area contributed by atoms with Crippen LogP contribution in [0.1, 0.15) is 12.8 Å². The van der Waals surface area contributed by atoms with E-state index in [1.807, 2.05) is 0 Å². The van der Waals surface area contributed by atoms with Gasteiger partial charge < -0.3 is 10.2 Å². The first kappa shape index (κ1) is 13.3. The number of hydrogen-bond acceptors (Lipinski definition) is 4. The van der Waals surface area contributed by atoms with Gasteiger partial charge in [-0.3, -0.25) is 9.59 Å². The predicted molar refractivity (Wildman–Crippen MR) is 64.2 cm³/mol. The lowest BCUT2D eigenvalue weighted by molar-refractivity contribution is -0.146. The smallest absolute Gasteiger partial charge is 0.311 e. The maximum absolute atomic E-state index is 11.8. The van der Waals surface area contributed by atoms with Gasteiger partial charge in [0.05, 0.1) is 6.26 Å². The van der Waals surface area contributed by atoms with Gasteiger partial charge in [-0.25, -0.2) is 8.42 Å². The number of nitrogens with one attached hydrogen (secondary N) is 1. The summed E-state index contributed by atoms with van der Waals surface area (Å²) in [6, 6.07) is 0.152. The molecule has 102 valence electrons. The fourth-order valence-corrected chi connectivity index (χ4v) is 2.67. The molecule has 1 heterocycles. The summed E-state index contributed by atoms with van der Waals surface area (Å²) in [4.78, 5) is 24.7. The summed E-state index contributed by atoms with van der Waals surface area (Å²) in [5, 5.41) is 2.63. The van der Waals surface area contributed by atoms with Crippen LogP contribution in [-0.4, -0.2) is 67.9 Å². The van der Waals surface area contributed by atoms with Crippen LogP contribution in [-0.2, 0) is 19.6 Å². The molecule has 0 bridgehead atoms. The Hall–Kier alpha value is -1.15. The normalized spacial score (nSPS) is 21.7. The Morgan fingerprint density at radius 3 is 2.11 bits per heavy atom. The summed E-state index contributed by atoms with van der Waals surface area (Å²) in [7, 11) is -3.21. The molecule has 8 heteroatoms. The highest BCUT2D eigenvalue weighted by Crippen LogP contribution is 2.18. The molecular formula is C10H17N3O4S. The van der Waals surface area contributed by atoms with Crippen molar-refractivity contribution in [3.63, 3.8) is 0 Å². The van der Waals surface area contributed by atoms with E-state index in [4.69, 9.17) is 0 Å². The van der Waals surface area contributed by atoms with Crippen LogP contribution in [0, 0.1) is 0 Å². The van der Waals surface area contributed by atoms with Crippen LogP contribution in [0.3, 0.4) is 0 Å². The van der Waals surface area contributed by atoms with E-state index in [1.165, 1.54) is 9.21 Å². The second-order valence-corrected chi connectivity index (χ2v) is 6.68. The third-order valence-electron chi connectivity index (χ3n) is 3.10. The third-order valence-corrected chi connectivity index (χ3v) is 4.40. The van der Waals surface area contributed by atoms with Crippen LogP contribution in [0.4, 0.5) is 0 Å². The van der Waals surface area contributed by atoms with Gasteiger partial charge >= 0.3 is 11.8 Å². The number of sulfonamides is 1. The van der Waals surface area contributed by atoms with Gasteiger partial charge in [-0.15, -0.1) is 0 Å². The molecule has 0 aromatic heterocycles. The minimum absolute atomic E-state index is 0.152. The molecule has 1 saturated heterocycles. The van der Waals surface area contributed by atoms with Crippen molar-refractivity contribution in [2.45, 2.75) is 18.9 Å². The van der Waals surface area contributed by atoms with Crippen molar-refractivity contribution in [3.05, 3.63) is 0 Å². The lowest BCUT2D eigenvalue weighted by Crippen LogP contribution is -2.53. The fourth-order valence-electron chi connectivity index (χ4n) is 1.84. The first-order valence-electron chi connectivity index (χ1n) is 5.93. The van der Waals surface area contributed by atoms with Crippen molar-refractivity contribution in [2.24, 2.45) is 0 Å². The second-order valence-electron chi connectivity index (χ2n) is 4.70. The zero-order valence-corrected chi connectivity index (χ0v) is 11.1. The van der Waals surface area contributed by atoms with Crippen LogP contribution in [0.15, 0.2) is 0 Å². The highest BCUT2D eigenvalue weighted by Gasteiger charge is 2.32. The Bertz CT molecular complexity index is 450. The summed E-state index contributed by atoms with van der Waals surface area (Å²) in [5.74, 6) is -1.14. The Kier molecular flexibility index (Phi) is 3.58. The summed E-state index contributed by atoms with van der Waals surface area (Å²) >= 11 is 0. The number of amides is 2. The van der Waals surface area contributed by atoms with Crippen molar-refractivity contribution in [2.75, 3.05) is 32.4 Å². The van der Waals surface area contributed by atoms with E-state index >= 15 is 0 Å². The van der Waals surface area contributed by atoms with Gasteiger partial charge in [0.25, 0.3) is 0 Å². The molecule has 18 heavy (non-hydrogen) atoms. The van der Waals surface area contributed by atoms with E-state index in [2.05, 4.69) is 5.32 Å². The third kappa shape index (κ3) is 3.20. The van der Waals surface area contributed by atoms with E-state index < -0.39 is 21.8 Å². The Morgan fingerprint density at radius 1 is 1.11 bits per heavy atom. The molecule has 1 aliphatic heterocycles. The topological polar surface area (TPSA) is 86.8 Å². The standard InChI is InChI=1S/C10H17N3O4S/c1-18(16,17)13-6-4-12(5-7-13)10(15)9(14)11-8-2-3-8/h8H,2-7H2,1H3,(H,11,14). The second kappa shape index (κ2) is 4.85. The molecule has 1 saturated carbocycles. The minimum Gasteiger partial charge on any atom is -0.345 e. The van der Waals surface area contributed by atoms with Crippen molar-refractivity contribution in [1.29, 1.82) is 0 Å². The first-order chi connectivity index (χ1) is 8.38. The summed E-state index contributed by atoms with van der Waals surface area (Å²) in [6.07, 6.45) is 3.01. The molecule has 7 nitrogen and oxygen atoms in total. The fraction of sp³-hybridized carbons (Fsp3) is 0.800. The van der Waals surface area contributed by atoms with Gasteiger partial charge in [-0.2, -0.15) is 4.31 Å². The van der Waals surface area contributed by atoms with Crippen molar-refractivity contribution < 1.29 is 18.0 Å². The van der Waals surface area contributed by atoms with Gasteiger partial charge in [0, 0.05) is 32.2 Å². The van der Waals surface area contributed by atoms with E-state index in [9.17, 15) is 18.0 Å². The molecule has 0 spiro atoms. The molecule has 2 aliphatic rings. The van der Waals surface area contributed by atoms with Crippen molar-refractivity contribution in [3.8, 4) is 0 Å². The van der Waals surface area contributed by atoms with Gasteiger partial charge in [0.2, 0.25) is 10.0 Å². The monoisotopic (exact) mass is 275 g/mol. The summed E-state index contributed by atoms with van der Waals surface area (Å²) < 4.78 is 23.9. The van der Waals surface area contributed by atoms with Crippen LogP contribution in [0.5, 0.6) is 0 Å². The maximum atomic E-state index is 11.8. The van der Waals surface area contributed by atoms with Crippen LogP contribution in [0.25, 0.3) is 0 Å². The highest BCUT2D eigenvalue weighted by atomic mass is 32.2. The van der Waals surface area contributed by atoms with E-state index in [0.29, 0.717) is 0 Å². The zero-order valence-electron chi connectivity index (χ0n) is 10.3. The SMILES string of the molecule is CS(=O)(=O)N1CCN(C(=O)C(=O)NC2CC2)CC1. The average molecular weight is 275 g/mol. The molecule has 2 fully saturated rings. The maximum Gasteiger partial charge on any atom is 0.311 e. The Labute approximate surface area is 106 Å². The average Bonchev–Trinajstić information content (AvgIpc) is 3.11. The zero-order chi connectivity index (χ0) is 13.3. The molecule has 1 N–H and O–H groups in total. The Morgan fingerprint density at radius 2 is 1.67 bits per heavy atom. The quantitative estimate of drug-likeness (QED) is 0.613. The van der Waals surface area contributed by atoms with Gasteiger partial charge in [-0.1, -0.05) is 0 Å². The van der Waals surface area contributed by atoms with E-state index in [-0.39, 0.29) is 32.2 Å². The predicted octanol–water partition coefficient (Wildman–Crippen LogP) is -1.63. The number of carbonyl (C=O) groups is 2. The molecule has 0 atom stereocenters. The van der Waals surface area contributed by atoms with Crippen molar-refractivity contribution in [1.82, 2.24) is 14.5 Å². The number of nitrogens with zero attached hydrogens (tertiary/aromatic N) is 2. The van der Waals surface area contributed by atoms with Gasteiger partial charge in [0.1, 0.15) is 0 Å². The van der Waals surface area contributed by atoms with Crippen LogP contribution >= 0.6 is 0 Å². The lowest BCUT2D eigenvalue weighted by Gasteiger charge is -2.32. The minimum atomic E-state index is -3.21. The van der Waals surface area contributed by atoms with E-state index in [1.54, 1.807) is 0 Å². The Balaban J connectivity index is 1.85. The molecule has 2 rings (SSSR count). The highest BCUT2D eigenvalue weighted by molar-refractivity contribution is 7.88. The summed E-state index contributed by atoms with van der Waals surface area (Å²) in [5.41, 5.74) is 0. The largest absolute Gasteiger partial charge is 0.345 e. The van der Waals surface area contributed by atoms with Gasteiger partial charge in [0.15, 0.2) is 0 Å². The number of piperazine rings is 1. The summed E-state index contributed by atoms with van der Waals surface area (Å²) in [6.45, 7) is 1.04. The number of carbonyl (C=O) groups excluding carboxylic acids is 2. The molecular weight excluding hydrogens is 258 g/mol. The molecule has 1 aliphatic carbocycles.